The molecule has 0 atom stereocenters. The van der Waals surface area contributed by atoms with Crippen LogP contribution in [0.2, 0.25) is 0 Å². The van der Waals surface area contributed by atoms with Gasteiger partial charge in [0.2, 0.25) is 5.91 Å². The standard InChI is InChI=1S/C23H32N2O3/c1-17(2)25(18(3)4)13-6-7-20-15-21(9-10-22(20)27-5)24-23(26)11-8-19-12-14-28-16-19/h8-12,14-18H,6-7,13H2,1-5H3,(H,24,26). The Hall–Kier alpha value is -2.53. The van der Waals surface area contributed by atoms with Crippen molar-refractivity contribution in [1.82, 2.24) is 4.90 Å². The van der Waals surface area contributed by atoms with Gasteiger partial charge in [0, 0.05) is 29.4 Å². The van der Waals surface area contributed by atoms with E-state index in [1.165, 1.54) is 6.08 Å². The Morgan fingerprint density at radius 2 is 1.96 bits per heavy atom. The van der Waals surface area contributed by atoms with E-state index in [9.17, 15) is 4.79 Å². The number of carbonyl (C=O) groups is 1. The number of ether oxygens (including phenoxy) is 1. The highest BCUT2D eigenvalue weighted by molar-refractivity contribution is 6.02. The molecule has 2 rings (SSSR count). The second kappa shape index (κ2) is 10.7. The molecule has 2 aromatic rings. The number of anilines is 1. The summed E-state index contributed by atoms with van der Waals surface area (Å²) < 4.78 is 10.5. The van der Waals surface area contributed by atoms with Crippen molar-refractivity contribution in [2.45, 2.75) is 52.6 Å². The fourth-order valence-electron chi connectivity index (χ4n) is 3.34. The fraction of sp³-hybridized carbons (Fsp3) is 0.435. The quantitative estimate of drug-likeness (QED) is 0.586. The first kappa shape index (κ1) is 21.8. The van der Waals surface area contributed by atoms with E-state index in [1.54, 1.807) is 31.8 Å². The number of aryl methyl sites for hydroxylation is 1. The molecule has 0 radical (unpaired) electrons. The van der Waals surface area contributed by atoms with Crippen molar-refractivity contribution in [3.8, 4) is 5.75 Å². The first-order valence-electron chi connectivity index (χ1n) is 9.84. The molecule has 0 fully saturated rings. The summed E-state index contributed by atoms with van der Waals surface area (Å²) in [6.45, 7) is 9.95. The summed E-state index contributed by atoms with van der Waals surface area (Å²) in [4.78, 5) is 14.6. The van der Waals surface area contributed by atoms with Crippen molar-refractivity contribution >= 4 is 17.7 Å². The van der Waals surface area contributed by atoms with Gasteiger partial charge in [0.15, 0.2) is 0 Å². The Morgan fingerprint density at radius 3 is 2.57 bits per heavy atom. The van der Waals surface area contributed by atoms with Crippen molar-refractivity contribution in [2.75, 3.05) is 19.0 Å². The van der Waals surface area contributed by atoms with E-state index in [2.05, 4.69) is 37.9 Å². The lowest BCUT2D eigenvalue weighted by atomic mass is 10.1. The van der Waals surface area contributed by atoms with Gasteiger partial charge < -0.3 is 14.5 Å². The molecule has 0 aliphatic carbocycles. The first-order valence-corrected chi connectivity index (χ1v) is 9.84. The highest BCUT2D eigenvalue weighted by Gasteiger charge is 2.13. The Labute approximate surface area is 168 Å². The molecule has 1 N–H and O–H groups in total. The van der Waals surface area contributed by atoms with Crippen LogP contribution in [0.1, 0.15) is 45.2 Å². The maximum absolute atomic E-state index is 12.2. The number of nitrogens with one attached hydrogen (secondary N) is 1. The lowest BCUT2D eigenvalue weighted by molar-refractivity contribution is -0.111. The van der Waals surface area contributed by atoms with Crippen LogP contribution >= 0.6 is 0 Å². The van der Waals surface area contributed by atoms with Gasteiger partial charge in [0.05, 0.1) is 19.6 Å². The molecule has 1 heterocycles. The number of furan rings is 1. The maximum Gasteiger partial charge on any atom is 0.248 e. The van der Waals surface area contributed by atoms with Crippen LogP contribution in [0.25, 0.3) is 6.08 Å². The van der Waals surface area contributed by atoms with Crippen molar-refractivity contribution in [3.63, 3.8) is 0 Å². The van der Waals surface area contributed by atoms with Crippen LogP contribution in [0.5, 0.6) is 5.75 Å². The molecule has 0 bridgehead atoms. The van der Waals surface area contributed by atoms with Crippen LogP contribution < -0.4 is 10.1 Å². The van der Waals surface area contributed by atoms with E-state index in [-0.39, 0.29) is 5.91 Å². The number of amides is 1. The van der Waals surface area contributed by atoms with Crippen LogP contribution in [0, 0.1) is 0 Å². The van der Waals surface area contributed by atoms with E-state index in [0.29, 0.717) is 12.1 Å². The van der Waals surface area contributed by atoms with Crippen LogP contribution in [0.4, 0.5) is 5.69 Å². The minimum absolute atomic E-state index is 0.178. The SMILES string of the molecule is COc1ccc(NC(=O)C=Cc2ccoc2)cc1CCCN(C(C)C)C(C)C. The van der Waals surface area contributed by atoms with Gasteiger partial charge in [0.1, 0.15) is 5.75 Å². The van der Waals surface area contributed by atoms with Gasteiger partial charge >= 0.3 is 0 Å². The number of rotatable bonds is 10. The molecule has 1 aromatic heterocycles. The van der Waals surface area contributed by atoms with Gasteiger partial charge in [-0.15, -0.1) is 0 Å². The number of hydrogen-bond acceptors (Lipinski definition) is 4. The van der Waals surface area contributed by atoms with Crippen LogP contribution in [-0.2, 0) is 11.2 Å². The van der Waals surface area contributed by atoms with Crippen molar-refractivity contribution in [1.29, 1.82) is 0 Å². The van der Waals surface area contributed by atoms with Crippen molar-refractivity contribution in [3.05, 3.63) is 54.0 Å². The molecule has 5 nitrogen and oxygen atoms in total. The highest BCUT2D eigenvalue weighted by Crippen LogP contribution is 2.24. The minimum Gasteiger partial charge on any atom is -0.496 e. The molecule has 1 amide bonds. The normalized spacial score (nSPS) is 11.7. The molecule has 0 aliphatic rings. The number of carbonyl (C=O) groups excluding carboxylic acids is 1. The predicted octanol–water partition coefficient (Wildman–Crippen LogP) is 4.99. The Balaban J connectivity index is 1.99. The average Bonchev–Trinajstić information content (AvgIpc) is 3.16. The molecule has 0 aliphatic heterocycles. The number of methoxy groups -OCH3 is 1. The first-order chi connectivity index (χ1) is 13.4. The van der Waals surface area contributed by atoms with E-state index in [4.69, 9.17) is 9.15 Å². The number of nitrogens with zero attached hydrogens (tertiary/aromatic N) is 1. The van der Waals surface area contributed by atoms with Gasteiger partial charge in [-0.25, -0.2) is 0 Å². The van der Waals surface area contributed by atoms with Crippen LogP contribution in [0.15, 0.2) is 47.3 Å². The average molecular weight is 385 g/mol. The predicted molar refractivity (Wildman–Crippen MR) is 115 cm³/mol. The zero-order chi connectivity index (χ0) is 20.5. The maximum atomic E-state index is 12.2. The lowest BCUT2D eigenvalue weighted by Gasteiger charge is -2.30. The summed E-state index contributed by atoms with van der Waals surface area (Å²) >= 11 is 0. The largest absolute Gasteiger partial charge is 0.496 e. The van der Waals surface area contributed by atoms with Gasteiger partial charge in [0.25, 0.3) is 0 Å². The zero-order valence-corrected chi connectivity index (χ0v) is 17.6. The van der Waals surface area contributed by atoms with Crippen molar-refractivity contribution in [2.24, 2.45) is 0 Å². The third-order valence-corrected chi connectivity index (χ3v) is 4.71. The topological polar surface area (TPSA) is 54.7 Å². The fourth-order valence-corrected chi connectivity index (χ4v) is 3.34. The van der Waals surface area contributed by atoms with E-state index in [0.717, 1.165) is 42.0 Å². The smallest absolute Gasteiger partial charge is 0.248 e. The Bertz CT molecular complexity index is 756. The van der Waals surface area contributed by atoms with Crippen LogP contribution in [0.3, 0.4) is 0 Å². The minimum atomic E-state index is -0.178. The number of benzene rings is 1. The van der Waals surface area contributed by atoms with Gasteiger partial charge in [-0.3, -0.25) is 9.69 Å². The summed E-state index contributed by atoms with van der Waals surface area (Å²) in [5.74, 6) is 0.677. The van der Waals surface area contributed by atoms with E-state index in [1.807, 2.05) is 18.2 Å². The van der Waals surface area contributed by atoms with E-state index < -0.39 is 0 Å². The summed E-state index contributed by atoms with van der Waals surface area (Å²) in [6.07, 6.45) is 8.31. The summed E-state index contributed by atoms with van der Waals surface area (Å²) in [7, 11) is 1.68. The molecule has 5 heteroatoms. The molecule has 0 saturated carbocycles. The molecule has 0 spiro atoms. The number of hydrogen-bond donors (Lipinski definition) is 1. The second-order valence-electron chi connectivity index (χ2n) is 7.43. The monoisotopic (exact) mass is 384 g/mol. The second-order valence-corrected chi connectivity index (χ2v) is 7.43. The van der Waals surface area contributed by atoms with E-state index >= 15 is 0 Å². The summed E-state index contributed by atoms with van der Waals surface area (Å²) in [5, 5.41) is 2.91. The Kier molecular flexibility index (Phi) is 8.33. The lowest BCUT2D eigenvalue weighted by Crippen LogP contribution is -2.37. The van der Waals surface area contributed by atoms with Crippen LogP contribution in [-0.4, -0.2) is 36.5 Å². The molecule has 0 saturated heterocycles. The van der Waals surface area contributed by atoms with Gasteiger partial charge in [-0.1, -0.05) is 0 Å². The summed E-state index contributed by atoms with van der Waals surface area (Å²) in [5.41, 5.74) is 2.72. The highest BCUT2D eigenvalue weighted by atomic mass is 16.5. The molecular weight excluding hydrogens is 352 g/mol. The molecule has 28 heavy (non-hydrogen) atoms. The molecule has 1 aromatic carbocycles. The molecular formula is C23H32N2O3. The summed E-state index contributed by atoms with van der Waals surface area (Å²) in [6, 6.07) is 8.61. The van der Waals surface area contributed by atoms with Gasteiger partial charge in [-0.2, -0.15) is 0 Å². The third kappa shape index (κ3) is 6.57. The van der Waals surface area contributed by atoms with Gasteiger partial charge in [-0.05, 0) is 83.0 Å². The zero-order valence-electron chi connectivity index (χ0n) is 17.6. The molecule has 0 unspecified atom stereocenters. The van der Waals surface area contributed by atoms with Crippen molar-refractivity contribution < 1.29 is 13.9 Å². The molecule has 152 valence electrons. The third-order valence-electron chi connectivity index (χ3n) is 4.71. The Morgan fingerprint density at radius 1 is 1.21 bits per heavy atom.